The second kappa shape index (κ2) is 8.99. The van der Waals surface area contributed by atoms with Crippen molar-refractivity contribution in [1.82, 2.24) is 30.6 Å². The van der Waals surface area contributed by atoms with Crippen LogP contribution in [0.4, 0.5) is 0 Å². The van der Waals surface area contributed by atoms with Crippen LogP contribution in [0.5, 0.6) is 0 Å². The average Bonchev–Trinajstić information content (AvgIpc) is 3.26. The molecule has 9 nitrogen and oxygen atoms in total. The number of aromatic nitrogens is 4. The Kier molecular flexibility index (Phi) is 6.42. The second-order valence-electron chi connectivity index (χ2n) is 6.54. The van der Waals surface area contributed by atoms with Gasteiger partial charge in [-0.2, -0.15) is 10.1 Å². The number of halogens is 1. The Hall–Kier alpha value is -3.01. The molecule has 2 N–H and O–H groups in total. The SMILES string of the molecule is Cc1ccc(C(=O)NCCNC(=O)c2nc(Cn3nc(C)c(Br)c3C)no2)cc1. The number of hydrogen-bond acceptors (Lipinski definition) is 6. The molecule has 0 saturated carbocycles. The van der Waals surface area contributed by atoms with E-state index < -0.39 is 5.91 Å². The molecular formula is C19H21BrN6O3. The maximum atomic E-state index is 12.1. The van der Waals surface area contributed by atoms with Gasteiger partial charge in [0.2, 0.25) is 0 Å². The van der Waals surface area contributed by atoms with Crippen LogP contribution < -0.4 is 10.6 Å². The molecule has 0 bridgehead atoms. The summed E-state index contributed by atoms with van der Waals surface area (Å²) in [5.74, 6) is -0.482. The molecule has 0 saturated heterocycles. The summed E-state index contributed by atoms with van der Waals surface area (Å²) < 4.78 is 7.67. The number of rotatable bonds is 7. The van der Waals surface area contributed by atoms with Crippen LogP contribution >= 0.6 is 15.9 Å². The van der Waals surface area contributed by atoms with Gasteiger partial charge in [-0.25, -0.2) is 0 Å². The Morgan fingerprint density at radius 2 is 1.72 bits per heavy atom. The number of carbonyl (C=O) groups excluding carboxylic acids is 2. The summed E-state index contributed by atoms with van der Waals surface area (Å²) in [5, 5.41) is 13.6. The van der Waals surface area contributed by atoms with E-state index >= 15 is 0 Å². The zero-order chi connectivity index (χ0) is 21.0. The Morgan fingerprint density at radius 1 is 1.07 bits per heavy atom. The van der Waals surface area contributed by atoms with Gasteiger partial charge in [-0.3, -0.25) is 14.3 Å². The van der Waals surface area contributed by atoms with Crippen molar-refractivity contribution in [2.45, 2.75) is 27.3 Å². The van der Waals surface area contributed by atoms with Crippen LogP contribution in [0, 0.1) is 20.8 Å². The normalized spacial score (nSPS) is 10.8. The first-order valence-electron chi connectivity index (χ1n) is 9.00. The fourth-order valence-electron chi connectivity index (χ4n) is 2.61. The molecule has 0 unspecified atom stereocenters. The molecule has 0 aliphatic carbocycles. The molecule has 152 valence electrons. The lowest BCUT2D eigenvalue weighted by Crippen LogP contribution is -2.34. The second-order valence-corrected chi connectivity index (χ2v) is 7.33. The molecule has 0 atom stereocenters. The first-order chi connectivity index (χ1) is 13.8. The highest BCUT2D eigenvalue weighted by molar-refractivity contribution is 9.10. The Balaban J connectivity index is 1.47. The van der Waals surface area contributed by atoms with Crippen LogP contribution in [0.1, 0.15) is 43.8 Å². The van der Waals surface area contributed by atoms with E-state index in [2.05, 4.69) is 41.8 Å². The number of aryl methyl sites for hydroxylation is 2. The first kappa shape index (κ1) is 20.7. The molecule has 1 aromatic carbocycles. The summed E-state index contributed by atoms with van der Waals surface area (Å²) in [6, 6.07) is 7.25. The van der Waals surface area contributed by atoms with Crippen molar-refractivity contribution < 1.29 is 14.1 Å². The summed E-state index contributed by atoms with van der Waals surface area (Å²) in [5.41, 5.74) is 3.44. The molecule has 0 aliphatic heterocycles. The smallest absolute Gasteiger partial charge is 0.316 e. The van der Waals surface area contributed by atoms with Gasteiger partial charge in [0.15, 0.2) is 5.82 Å². The molecule has 0 aliphatic rings. The summed E-state index contributed by atoms with van der Waals surface area (Å²) in [4.78, 5) is 28.3. The Bertz CT molecular complexity index is 1030. The fraction of sp³-hybridized carbons (Fsp3) is 0.316. The quantitative estimate of drug-likeness (QED) is 0.522. The van der Waals surface area contributed by atoms with Gasteiger partial charge in [-0.05, 0) is 48.8 Å². The van der Waals surface area contributed by atoms with Gasteiger partial charge in [0.05, 0.1) is 15.9 Å². The van der Waals surface area contributed by atoms with E-state index in [1.807, 2.05) is 32.9 Å². The topological polar surface area (TPSA) is 115 Å². The van der Waals surface area contributed by atoms with Crippen molar-refractivity contribution in [3.8, 4) is 0 Å². The van der Waals surface area contributed by atoms with E-state index in [1.165, 1.54) is 0 Å². The van der Waals surface area contributed by atoms with Crippen LogP contribution in [0.15, 0.2) is 33.3 Å². The number of benzene rings is 1. The summed E-state index contributed by atoms with van der Waals surface area (Å²) in [7, 11) is 0. The van der Waals surface area contributed by atoms with Gasteiger partial charge in [-0.1, -0.05) is 22.9 Å². The molecule has 0 radical (unpaired) electrons. The van der Waals surface area contributed by atoms with Crippen molar-refractivity contribution in [3.05, 3.63) is 63.0 Å². The standard InChI is InChI=1S/C19H21BrN6O3/c1-11-4-6-14(7-5-11)17(27)21-8-9-22-18(28)19-23-15(25-29-19)10-26-13(3)16(20)12(2)24-26/h4-7H,8-10H2,1-3H3,(H,21,27)(H,22,28). The van der Waals surface area contributed by atoms with Gasteiger partial charge in [-0.15, -0.1) is 0 Å². The van der Waals surface area contributed by atoms with Gasteiger partial charge in [0, 0.05) is 18.7 Å². The number of hydrogen-bond donors (Lipinski definition) is 2. The van der Waals surface area contributed by atoms with Gasteiger partial charge in [0.1, 0.15) is 6.54 Å². The third kappa shape index (κ3) is 5.08. The highest BCUT2D eigenvalue weighted by atomic mass is 79.9. The largest absolute Gasteiger partial charge is 0.350 e. The van der Waals surface area contributed by atoms with Crippen LogP contribution in [0.2, 0.25) is 0 Å². The number of nitrogens with one attached hydrogen (secondary N) is 2. The fourth-order valence-corrected chi connectivity index (χ4v) is 2.89. The summed E-state index contributed by atoms with van der Waals surface area (Å²) in [6.45, 7) is 6.57. The van der Waals surface area contributed by atoms with Crippen LogP contribution in [-0.2, 0) is 6.54 Å². The zero-order valence-corrected chi connectivity index (χ0v) is 17.9. The van der Waals surface area contributed by atoms with Crippen LogP contribution in [0.3, 0.4) is 0 Å². The Morgan fingerprint density at radius 3 is 2.34 bits per heavy atom. The minimum atomic E-state index is -0.497. The van der Waals surface area contributed by atoms with Gasteiger partial charge in [0.25, 0.3) is 5.91 Å². The van der Waals surface area contributed by atoms with E-state index in [4.69, 9.17) is 4.52 Å². The minimum absolute atomic E-state index is 0.134. The van der Waals surface area contributed by atoms with Crippen molar-refractivity contribution in [1.29, 1.82) is 0 Å². The predicted molar refractivity (Wildman–Crippen MR) is 109 cm³/mol. The predicted octanol–water partition coefficient (Wildman–Crippen LogP) is 2.16. The maximum absolute atomic E-state index is 12.1. The lowest BCUT2D eigenvalue weighted by molar-refractivity contribution is 0.0898. The maximum Gasteiger partial charge on any atom is 0.316 e. The van der Waals surface area contributed by atoms with Crippen LogP contribution in [0.25, 0.3) is 0 Å². The molecule has 2 heterocycles. The summed E-state index contributed by atoms with van der Waals surface area (Å²) >= 11 is 3.46. The molecule has 3 aromatic rings. The van der Waals surface area contributed by atoms with Gasteiger partial charge < -0.3 is 15.2 Å². The molecule has 2 aromatic heterocycles. The van der Waals surface area contributed by atoms with E-state index in [0.29, 0.717) is 17.9 Å². The Labute approximate surface area is 176 Å². The molecule has 2 amide bonds. The van der Waals surface area contributed by atoms with Crippen molar-refractivity contribution in [3.63, 3.8) is 0 Å². The molecule has 0 fully saturated rings. The summed E-state index contributed by atoms with van der Waals surface area (Å²) in [6.07, 6.45) is 0. The number of carbonyl (C=O) groups is 2. The zero-order valence-electron chi connectivity index (χ0n) is 16.3. The monoisotopic (exact) mass is 460 g/mol. The average molecular weight is 461 g/mol. The number of nitrogens with zero attached hydrogens (tertiary/aromatic N) is 4. The number of amides is 2. The highest BCUT2D eigenvalue weighted by Crippen LogP contribution is 2.20. The molecular weight excluding hydrogens is 440 g/mol. The third-order valence-corrected chi connectivity index (χ3v) is 5.40. The van der Waals surface area contributed by atoms with Gasteiger partial charge >= 0.3 is 11.8 Å². The van der Waals surface area contributed by atoms with Crippen molar-refractivity contribution >= 4 is 27.7 Å². The molecule has 3 rings (SSSR count). The van der Waals surface area contributed by atoms with E-state index in [0.717, 1.165) is 21.4 Å². The first-order valence-corrected chi connectivity index (χ1v) is 9.79. The third-order valence-electron chi connectivity index (χ3n) is 4.26. The molecule has 0 spiro atoms. The molecule has 29 heavy (non-hydrogen) atoms. The minimum Gasteiger partial charge on any atom is -0.350 e. The van der Waals surface area contributed by atoms with E-state index in [1.54, 1.807) is 16.8 Å². The molecule has 10 heteroatoms. The van der Waals surface area contributed by atoms with Crippen molar-refractivity contribution in [2.75, 3.05) is 13.1 Å². The highest BCUT2D eigenvalue weighted by Gasteiger charge is 2.17. The lowest BCUT2D eigenvalue weighted by atomic mass is 10.1. The van der Waals surface area contributed by atoms with Crippen molar-refractivity contribution in [2.24, 2.45) is 0 Å². The van der Waals surface area contributed by atoms with Crippen LogP contribution in [-0.4, -0.2) is 44.8 Å². The lowest BCUT2D eigenvalue weighted by Gasteiger charge is -2.06. The van der Waals surface area contributed by atoms with E-state index in [-0.39, 0.29) is 24.9 Å². The van der Waals surface area contributed by atoms with E-state index in [9.17, 15) is 9.59 Å².